The number of aromatic nitrogens is 1. The van der Waals surface area contributed by atoms with E-state index in [4.69, 9.17) is 11.6 Å². The molecule has 2 rings (SSSR count). The van der Waals surface area contributed by atoms with Gasteiger partial charge in [0.1, 0.15) is 6.23 Å². The Morgan fingerprint density at radius 2 is 2.17 bits per heavy atom. The first kappa shape index (κ1) is 17.5. The molecule has 0 aliphatic rings. The monoisotopic (exact) mass is 331 g/mol. The zero-order chi connectivity index (χ0) is 16.7. The summed E-state index contributed by atoms with van der Waals surface area (Å²) in [7, 11) is 1.81. The predicted octanol–water partition coefficient (Wildman–Crippen LogP) is 2.97. The second-order valence-electron chi connectivity index (χ2n) is 5.15. The van der Waals surface area contributed by atoms with Crippen LogP contribution in [0.3, 0.4) is 0 Å². The Morgan fingerprint density at radius 1 is 1.35 bits per heavy atom. The largest absolute Gasteiger partial charge is 0.394 e. The number of nitrogens with zero attached hydrogens (tertiary/aromatic N) is 1. The van der Waals surface area contributed by atoms with E-state index in [1.807, 2.05) is 43.4 Å². The van der Waals surface area contributed by atoms with Gasteiger partial charge in [0.15, 0.2) is 0 Å². The highest BCUT2D eigenvalue weighted by Crippen LogP contribution is 2.24. The number of aliphatic hydroxyl groups is 1. The molecule has 0 radical (unpaired) electrons. The van der Waals surface area contributed by atoms with Crippen molar-refractivity contribution in [2.75, 3.05) is 7.05 Å². The molecule has 2 aromatic rings. The molecule has 0 aliphatic carbocycles. The third-order valence-corrected chi connectivity index (χ3v) is 3.93. The lowest BCUT2D eigenvalue weighted by Gasteiger charge is -2.18. The van der Waals surface area contributed by atoms with E-state index >= 15 is 0 Å². The van der Waals surface area contributed by atoms with Crippen LogP contribution in [0.5, 0.6) is 0 Å². The van der Waals surface area contributed by atoms with E-state index in [1.165, 1.54) is 0 Å². The maximum Gasteiger partial charge on any atom is 0.133 e. The summed E-state index contributed by atoms with van der Waals surface area (Å²) < 4.78 is 0. The molecule has 1 heterocycles. The van der Waals surface area contributed by atoms with Crippen molar-refractivity contribution < 1.29 is 5.11 Å². The number of nitrogens with one attached hydrogen (secondary N) is 2. The first-order valence-corrected chi connectivity index (χ1v) is 8.01. The van der Waals surface area contributed by atoms with Crippen LogP contribution < -0.4 is 10.6 Å². The van der Waals surface area contributed by atoms with E-state index in [1.54, 1.807) is 12.4 Å². The summed E-state index contributed by atoms with van der Waals surface area (Å²) >= 11 is 6.18. The van der Waals surface area contributed by atoms with Crippen LogP contribution in [0, 0.1) is 0 Å². The van der Waals surface area contributed by atoms with Crippen molar-refractivity contribution in [1.82, 2.24) is 15.6 Å². The van der Waals surface area contributed by atoms with Crippen LogP contribution in [0.15, 0.2) is 48.8 Å². The Hall–Kier alpha value is -1.88. The highest BCUT2D eigenvalue weighted by molar-refractivity contribution is 6.31. The number of rotatable bonds is 7. The second-order valence-corrected chi connectivity index (χ2v) is 5.56. The maximum atomic E-state index is 10.5. The number of pyridine rings is 1. The Balaban J connectivity index is 2.16. The molecule has 1 unspecified atom stereocenters. The van der Waals surface area contributed by atoms with E-state index in [0.717, 1.165) is 33.8 Å². The van der Waals surface area contributed by atoms with Crippen molar-refractivity contribution in [2.24, 2.45) is 0 Å². The normalized spacial score (nSPS) is 13.0. The standard InChI is InChI=1S/C18H22ClN3O/c1-3-13-10-14(7-8-17(13)19)16(12-20-2)18(23)22-11-15-6-4-5-9-21-15/h4-10,12,18,20,22-23H,3,11H2,1-2H3/b16-12-. The Kier molecular flexibility index (Phi) is 6.59. The third-order valence-electron chi connectivity index (χ3n) is 3.56. The molecule has 0 spiro atoms. The molecule has 4 nitrogen and oxygen atoms in total. The lowest BCUT2D eigenvalue weighted by Crippen LogP contribution is -2.30. The molecule has 1 aromatic heterocycles. The number of aryl methyl sites for hydroxylation is 1. The molecule has 5 heteroatoms. The van der Waals surface area contributed by atoms with Crippen LogP contribution in [-0.2, 0) is 13.0 Å². The van der Waals surface area contributed by atoms with Crippen molar-refractivity contribution >= 4 is 17.2 Å². The minimum Gasteiger partial charge on any atom is -0.394 e. The fraction of sp³-hybridized carbons (Fsp3) is 0.278. The van der Waals surface area contributed by atoms with Crippen LogP contribution in [0.25, 0.3) is 5.57 Å². The average molecular weight is 332 g/mol. The van der Waals surface area contributed by atoms with E-state index in [-0.39, 0.29) is 0 Å². The summed E-state index contributed by atoms with van der Waals surface area (Å²) in [5.74, 6) is 0. The Labute approximate surface area is 142 Å². The average Bonchev–Trinajstić information content (AvgIpc) is 2.59. The van der Waals surface area contributed by atoms with Crippen LogP contribution in [0.1, 0.15) is 23.7 Å². The van der Waals surface area contributed by atoms with Gasteiger partial charge in [0.25, 0.3) is 0 Å². The highest BCUT2D eigenvalue weighted by Gasteiger charge is 2.14. The minimum absolute atomic E-state index is 0.483. The van der Waals surface area contributed by atoms with Crippen molar-refractivity contribution in [3.05, 3.63) is 70.6 Å². The summed E-state index contributed by atoms with van der Waals surface area (Å²) in [6.07, 6.45) is 3.56. The lowest BCUT2D eigenvalue weighted by atomic mass is 10.0. The van der Waals surface area contributed by atoms with E-state index in [9.17, 15) is 5.11 Å². The fourth-order valence-corrected chi connectivity index (χ4v) is 2.57. The second kappa shape index (κ2) is 8.67. The topological polar surface area (TPSA) is 57.2 Å². The van der Waals surface area contributed by atoms with Gasteiger partial charge >= 0.3 is 0 Å². The first-order chi connectivity index (χ1) is 11.2. The molecule has 1 aromatic carbocycles. The van der Waals surface area contributed by atoms with Gasteiger partial charge in [-0.3, -0.25) is 10.3 Å². The number of aliphatic hydroxyl groups excluding tert-OH is 1. The predicted molar refractivity (Wildman–Crippen MR) is 95.0 cm³/mol. The summed E-state index contributed by atoms with van der Waals surface area (Å²) in [6.45, 7) is 2.54. The zero-order valence-electron chi connectivity index (χ0n) is 13.4. The number of hydrogen-bond donors (Lipinski definition) is 3. The molecular formula is C18H22ClN3O. The van der Waals surface area contributed by atoms with E-state index < -0.39 is 6.23 Å². The smallest absolute Gasteiger partial charge is 0.133 e. The van der Waals surface area contributed by atoms with Gasteiger partial charge in [0.05, 0.1) is 5.69 Å². The van der Waals surface area contributed by atoms with Gasteiger partial charge in [-0.25, -0.2) is 0 Å². The molecule has 0 aliphatic heterocycles. The first-order valence-electron chi connectivity index (χ1n) is 7.63. The van der Waals surface area contributed by atoms with E-state index in [2.05, 4.69) is 22.5 Å². The SMILES string of the molecule is CCc1cc(/C(=C/NC)C(O)NCc2ccccn2)ccc1Cl. The molecule has 122 valence electrons. The van der Waals surface area contributed by atoms with Crippen LogP contribution >= 0.6 is 11.6 Å². The quantitative estimate of drug-likeness (QED) is 0.683. The van der Waals surface area contributed by atoms with Gasteiger partial charge in [0, 0.05) is 36.6 Å². The summed E-state index contributed by atoms with van der Waals surface area (Å²) in [6, 6.07) is 11.5. The molecule has 0 bridgehead atoms. The van der Waals surface area contributed by atoms with Crippen molar-refractivity contribution in [3.8, 4) is 0 Å². The van der Waals surface area contributed by atoms with Crippen LogP contribution in [0.2, 0.25) is 5.02 Å². The van der Waals surface area contributed by atoms with Gasteiger partial charge in [-0.15, -0.1) is 0 Å². The summed E-state index contributed by atoms with van der Waals surface area (Å²) in [4.78, 5) is 4.24. The Morgan fingerprint density at radius 3 is 2.83 bits per heavy atom. The molecular weight excluding hydrogens is 310 g/mol. The number of benzene rings is 1. The highest BCUT2D eigenvalue weighted by atomic mass is 35.5. The van der Waals surface area contributed by atoms with Gasteiger partial charge in [-0.2, -0.15) is 0 Å². The summed E-state index contributed by atoms with van der Waals surface area (Å²) in [5, 5.41) is 17.3. The van der Waals surface area contributed by atoms with Crippen LogP contribution in [-0.4, -0.2) is 23.4 Å². The number of halogens is 1. The Bertz CT molecular complexity index is 659. The molecule has 0 amide bonds. The van der Waals surface area contributed by atoms with Gasteiger partial charge in [-0.1, -0.05) is 30.7 Å². The van der Waals surface area contributed by atoms with Crippen molar-refractivity contribution in [2.45, 2.75) is 26.1 Å². The molecule has 0 saturated carbocycles. The molecule has 23 heavy (non-hydrogen) atoms. The van der Waals surface area contributed by atoms with Crippen LogP contribution in [0.4, 0.5) is 0 Å². The van der Waals surface area contributed by atoms with Gasteiger partial charge < -0.3 is 10.4 Å². The maximum absolute atomic E-state index is 10.5. The minimum atomic E-state index is -0.810. The van der Waals surface area contributed by atoms with E-state index in [0.29, 0.717) is 6.54 Å². The zero-order valence-corrected chi connectivity index (χ0v) is 14.1. The molecule has 0 saturated heterocycles. The van der Waals surface area contributed by atoms with Gasteiger partial charge in [0.2, 0.25) is 0 Å². The molecule has 3 N–H and O–H groups in total. The number of hydrogen-bond acceptors (Lipinski definition) is 4. The fourth-order valence-electron chi connectivity index (χ4n) is 2.31. The van der Waals surface area contributed by atoms with Crippen molar-refractivity contribution in [3.63, 3.8) is 0 Å². The lowest BCUT2D eigenvalue weighted by molar-refractivity contribution is 0.191. The van der Waals surface area contributed by atoms with Gasteiger partial charge in [-0.05, 0) is 41.8 Å². The third kappa shape index (κ3) is 4.79. The van der Waals surface area contributed by atoms with Crippen molar-refractivity contribution in [1.29, 1.82) is 0 Å². The summed E-state index contributed by atoms with van der Waals surface area (Å²) in [5.41, 5.74) is 3.63. The molecule has 0 fully saturated rings. The molecule has 1 atom stereocenters.